The van der Waals surface area contributed by atoms with Crippen LogP contribution >= 0.6 is 0 Å². The smallest absolute Gasteiger partial charge is 0.153 e. The fourth-order valence-electron chi connectivity index (χ4n) is 2.06. The third kappa shape index (κ3) is 2.38. The molecule has 0 saturated heterocycles. The maximum absolute atomic E-state index is 13.1. The lowest BCUT2D eigenvalue weighted by molar-refractivity contribution is 0.112. The summed E-state index contributed by atoms with van der Waals surface area (Å²) in [5, 5.41) is 2.15. The van der Waals surface area contributed by atoms with Crippen molar-refractivity contribution < 1.29 is 13.9 Å². The highest BCUT2D eigenvalue weighted by atomic mass is 19.1. The molecule has 20 heavy (non-hydrogen) atoms. The van der Waals surface area contributed by atoms with Crippen LogP contribution in [-0.4, -0.2) is 6.29 Å². The van der Waals surface area contributed by atoms with E-state index in [0.29, 0.717) is 17.8 Å². The number of carbonyl (C=O) groups is 1. The molecule has 0 unspecified atom stereocenters. The van der Waals surface area contributed by atoms with Gasteiger partial charge in [-0.25, -0.2) is 4.39 Å². The van der Waals surface area contributed by atoms with Crippen LogP contribution in [0.4, 0.5) is 4.39 Å². The van der Waals surface area contributed by atoms with Crippen molar-refractivity contribution in [2.24, 2.45) is 0 Å². The van der Waals surface area contributed by atoms with Crippen molar-refractivity contribution in [3.05, 3.63) is 72.0 Å². The number of carbonyl (C=O) groups excluding carboxylic acids is 1. The summed E-state index contributed by atoms with van der Waals surface area (Å²) >= 11 is 0. The van der Waals surface area contributed by atoms with Gasteiger partial charge in [0.05, 0.1) is 5.56 Å². The van der Waals surface area contributed by atoms with Crippen LogP contribution in [0, 0.1) is 5.82 Å². The zero-order valence-corrected chi connectivity index (χ0v) is 10.5. The number of ether oxygens (including phenoxy) is 1. The van der Waals surface area contributed by atoms with E-state index in [1.54, 1.807) is 0 Å². The third-order valence-corrected chi connectivity index (χ3v) is 3.05. The van der Waals surface area contributed by atoms with Gasteiger partial charge in [0.1, 0.15) is 17.3 Å². The van der Waals surface area contributed by atoms with Gasteiger partial charge in [-0.1, -0.05) is 30.3 Å². The molecule has 3 aromatic rings. The van der Waals surface area contributed by atoms with Crippen molar-refractivity contribution in [2.45, 2.75) is 0 Å². The molecular weight excluding hydrogens is 255 g/mol. The van der Waals surface area contributed by atoms with Crippen LogP contribution in [0.15, 0.2) is 60.7 Å². The van der Waals surface area contributed by atoms with Gasteiger partial charge in [-0.2, -0.15) is 0 Å². The van der Waals surface area contributed by atoms with E-state index in [9.17, 15) is 9.18 Å². The molecule has 0 aliphatic rings. The number of halogens is 1. The standard InChI is InChI=1S/C17H11FO2/c18-15-6-8-17(14(9-15)11-19)20-16-7-5-12-3-1-2-4-13(12)10-16/h1-11H. The number of hydrogen-bond donors (Lipinski definition) is 0. The summed E-state index contributed by atoms with van der Waals surface area (Å²) in [6.07, 6.45) is 0.583. The number of aldehydes is 1. The SMILES string of the molecule is O=Cc1cc(F)ccc1Oc1ccc2ccccc2c1. The zero-order chi connectivity index (χ0) is 13.9. The summed E-state index contributed by atoms with van der Waals surface area (Å²) in [7, 11) is 0. The first-order valence-electron chi connectivity index (χ1n) is 6.18. The molecule has 0 heterocycles. The van der Waals surface area contributed by atoms with Gasteiger partial charge < -0.3 is 4.74 Å². The Hall–Kier alpha value is -2.68. The Bertz CT molecular complexity index is 781. The number of hydrogen-bond acceptors (Lipinski definition) is 2. The lowest BCUT2D eigenvalue weighted by Crippen LogP contribution is -1.91. The minimum Gasteiger partial charge on any atom is -0.457 e. The van der Waals surface area contributed by atoms with Gasteiger partial charge in [-0.3, -0.25) is 4.79 Å². The molecule has 0 amide bonds. The quantitative estimate of drug-likeness (QED) is 0.648. The van der Waals surface area contributed by atoms with Gasteiger partial charge in [-0.05, 0) is 41.1 Å². The van der Waals surface area contributed by atoms with Crippen LogP contribution in [-0.2, 0) is 0 Å². The molecule has 98 valence electrons. The Balaban J connectivity index is 1.98. The van der Waals surface area contributed by atoms with Crippen LogP contribution in [0.2, 0.25) is 0 Å². The van der Waals surface area contributed by atoms with Gasteiger partial charge in [0.2, 0.25) is 0 Å². The molecule has 0 aliphatic heterocycles. The van der Waals surface area contributed by atoms with Crippen LogP contribution in [0.5, 0.6) is 11.5 Å². The molecular formula is C17H11FO2. The van der Waals surface area contributed by atoms with E-state index in [-0.39, 0.29) is 5.56 Å². The Kier molecular flexibility index (Phi) is 3.17. The van der Waals surface area contributed by atoms with Crippen molar-refractivity contribution >= 4 is 17.1 Å². The van der Waals surface area contributed by atoms with Gasteiger partial charge in [0.15, 0.2) is 6.29 Å². The maximum Gasteiger partial charge on any atom is 0.153 e. The molecule has 0 aliphatic carbocycles. The predicted octanol–water partition coefficient (Wildman–Crippen LogP) is 4.58. The van der Waals surface area contributed by atoms with Crippen LogP contribution in [0.25, 0.3) is 10.8 Å². The summed E-state index contributed by atoms with van der Waals surface area (Å²) in [6.45, 7) is 0. The average molecular weight is 266 g/mol. The van der Waals surface area contributed by atoms with E-state index >= 15 is 0 Å². The largest absolute Gasteiger partial charge is 0.457 e. The number of fused-ring (bicyclic) bond motifs is 1. The van der Waals surface area contributed by atoms with E-state index in [1.807, 2.05) is 42.5 Å². The lowest BCUT2D eigenvalue weighted by atomic mass is 10.1. The molecule has 3 rings (SSSR count). The second-order valence-electron chi connectivity index (χ2n) is 4.41. The van der Waals surface area contributed by atoms with Crippen LogP contribution in [0.3, 0.4) is 0 Å². The average Bonchev–Trinajstić information content (AvgIpc) is 2.49. The van der Waals surface area contributed by atoms with Crippen molar-refractivity contribution in [2.75, 3.05) is 0 Å². The number of rotatable bonds is 3. The summed E-state index contributed by atoms with van der Waals surface area (Å²) in [5.74, 6) is 0.494. The molecule has 2 nitrogen and oxygen atoms in total. The normalized spacial score (nSPS) is 10.4. The second kappa shape index (κ2) is 5.13. The first-order valence-corrected chi connectivity index (χ1v) is 6.18. The molecule has 0 fully saturated rings. The number of benzene rings is 3. The summed E-state index contributed by atoms with van der Waals surface area (Å²) < 4.78 is 18.7. The summed E-state index contributed by atoms with van der Waals surface area (Å²) in [4.78, 5) is 10.9. The zero-order valence-electron chi connectivity index (χ0n) is 10.5. The van der Waals surface area contributed by atoms with Crippen LogP contribution in [0.1, 0.15) is 10.4 Å². The van der Waals surface area contributed by atoms with Gasteiger partial charge >= 0.3 is 0 Å². The van der Waals surface area contributed by atoms with Gasteiger partial charge in [-0.15, -0.1) is 0 Å². The fraction of sp³-hybridized carbons (Fsp3) is 0. The van der Waals surface area contributed by atoms with E-state index < -0.39 is 5.82 Å². The molecule has 3 aromatic carbocycles. The second-order valence-corrected chi connectivity index (χ2v) is 4.41. The van der Waals surface area contributed by atoms with Crippen molar-refractivity contribution in [3.63, 3.8) is 0 Å². The Labute approximate surface area is 115 Å². The monoisotopic (exact) mass is 266 g/mol. The molecule has 0 atom stereocenters. The first kappa shape index (κ1) is 12.4. The molecule has 3 heteroatoms. The Morgan fingerprint density at radius 3 is 2.50 bits per heavy atom. The molecule has 0 N–H and O–H groups in total. The molecule has 0 saturated carbocycles. The first-order chi connectivity index (χ1) is 9.76. The lowest BCUT2D eigenvalue weighted by Gasteiger charge is -2.09. The van der Waals surface area contributed by atoms with E-state index in [0.717, 1.165) is 16.8 Å². The van der Waals surface area contributed by atoms with Gasteiger partial charge in [0, 0.05) is 0 Å². The summed E-state index contributed by atoms with van der Waals surface area (Å²) in [6, 6.07) is 17.4. The van der Waals surface area contributed by atoms with E-state index in [2.05, 4.69) is 0 Å². The molecule has 0 aromatic heterocycles. The highest BCUT2D eigenvalue weighted by Gasteiger charge is 2.06. The molecule has 0 radical (unpaired) electrons. The Morgan fingerprint density at radius 1 is 0.900 bits per heavy atom. The highest BCUT2D eigenvalue weighted by molar-refractivity contribution is 5.84. The molecule has 0 spiro atoms. The molecule has 0 bridgehead atoms. The predicted molar refractivity (Wildman–Crippen MR) is 75.8 cm³/mol. The summed E-state index contributed by atoms with van der Waals surface area (Å²) in [5.41, 5.74) is 0.193. The van der Waals surface area contributed by atoms with Crippen LogP contribution < -0.4 is 4.74 Å². The Morgan fingerprint density at radius 2 is 1.70 bits per heavy atom. The highest BCUT2D eigenvalue weighted by Crippen LogP contribution is 2.27. The van der Waals surface area contributed by atoms with Crippen molar-refractivity contribution in [1.82, 2.24) is 0 Å². The fourth-order valence-corrected chi connectivity index (χ4v) is 2.06. The third-order valence-electron chi connectivity index (χ3n) is 3.05. The van der Waals surface area contributed by atoms with Gasteiger partial charge in [0.25, 0.3) is 0 Å². The minimum absolute atomic E-state index is 0.193. The van der Waals surface area contributed by atoms with Crippen molar-refractivity contribution in [3.8, 4) is 11.5 Å². The maximum atomic E-state index is 13.1. The minimum atomic E-state index is -0.460. The topological polar surface area (TPSA) is 26.3 Å². The van der Waals surface area contributed by atoms with E-state index in [4.69, 9.17) is 4.74 Å². The van der Waals surface area contributed by atoms with E-state index in [1.165, 1.54) is 12.1 Å². The van der Waals surface area contributed by atoms with Crippen molar-refractivity contribution in [1.29, 1.82) is 0 Å².